The fourth-order valence-electron chi connectivity index (χ4n) is 2.83. The highest BCUT2D eigenvalue weighted by Gasteiger charge is 2.19. The third-order valence-electron chi connectivity index (χ3n) is 4.08. The van der Waals surface area contributed by atoms with Crippen molar-refractivity contribution in [1.29, 1.82) is 0 Å². The van der Waals surface area contributed by atoms with Crippen molar-refractivity contribution < 1.29 is 0 Å². The Bertz CT molecular complexity index is 535. The highest BCUT2D eigenvalue weighted by Crippen LogP contribution is 2.26. The van der Waals surface area contributed by atoms with Crippen molar-refractivity contribution in [2.24, 2.45) is 7.05 Å². The SMILES string of the molecule is C[C@H](c1ccc(-c2cn(C)cn2)cc1)N1CCCC1. The van der Waals surface area contributed by atoms with Crippen molar-refractivity contribution in [3.8, 4) is 11.3 Å². The fraction of sp³-hybridized carbons (Fsp3) is 0.438. The standard InChI is InChI=1S/C16H21N3/c1-13(19-9-3-4-10-19)14-5-7-15(8-6-14)16-11-18(2)12-17-16/h5-8,11-13H,3-4,9-10H2,1-2H3/t13-/m1/s1. The molecule has 1 atom stereocenters. The second kappa shape index (κ2) is 5.17. The molecule has 0 saturated carbocycles. The molecule has 0 N–H and O–H groups in total. The van der Waals surface area contributed by atoms with E-state index in [9.17, 15) is 0 Å². The largest absolute Gasteiger partial charge is 0.340 e. The molecule has 100 valence electrons. The van der Waals surface area contributed by atoms with Crippen LogP contribution in [-0.2, 0) is 7.05 Å². The Morgan fingerprint density at radius 2 is 1.79 bits per heavy atom. The molecule has 2 heterocycles. The van der Waals surface area contributed by atoms with Gasteiger partial charge in [-0.15, -0.1) is 0 Å². The molecule has 1 saturated heterocycles. The molecule has 0 unspecified atom stereocenters. The number of likely N-dealkylation sites (tertiary alicyclic amines) is 1. The van der Waals surface area contributed by atoms with E-state index in [0.29, 0.717) is 6.04 Å². The van der Waals surface area contributed by atoms with Gasteiger partial charge >= 0.3 is 0 Å². The Balaban J connectivity index is 1.78. The van der Waals surface area contributed by atoms with Crippen LogP contribution in [0.15, 0.2) is 36.8 Å². The van der Waals surface area contributed by atoms with Crippen molar-refractivity contribution >= 4 is 0 Å². The molecule has 1 aromatic heterocycles. The van der Waals surface area contributed by atoms with E-state index in [4.69, 9.17) is 0 Å². The topological polar surface area (TPSA) is 21.1 Å². The highest BCUT2D eigenvalue weighted by molar-refractivity contribution is 5.58. The van der Waals surface area contributed by atoms with Crippen LogP contribution in [0.25, 0.3) is 11.3 Å². The molecular formula is C16H21N3. The third-order valence-corrected chi connectivity index (χ3v) is 4.08. The van der Waals surface area contributed by atoms with Gasteiger partial charge in [-0.1, -0.05) is 24.3 Å². The van der Waals surface area contributed by atoms with Gasteiger partial charge in [0.2, 0.25) is 0 Å². The van der Waals surface area contributed by atoms with Crippen molar-refractivity contribution in [2.75, 3.05) is 13.1 Å². The molecule has 19 heavy (non-hydrogen) atoms. The molecule has 0 aliphatic carbocycles. The number of aryl methyl sites for hydroxylation is 1. The molecule has 0 bridgehead atoms. The zero-order valence-electron chi connectivity index (χ0n) is 11.7. The van der Waals surface area contributed by atoms with E-state index in [-0.39, 0.29) is 0 Å². The first kappa shape index (κ1) is 12.4. The van der Waals surface area contributed by atoms with Crippen LogP contribution in [0.4, 0.5) is 0 Å². The summed E-state index contributed by atoms with van der Waals surface area (Å²) in [6, 6.07) is 9.38. The number of nitrogens with zero attached hydrogens (tertiary/aromatic N) is 3. The maximum atomic E-state index is 4.39. The molecule has 3 heteroatoms. The van der Waals surface area contributed by atoms with Gasteiger partial charge in [0.1, 0.15) is 0 Å². The average Bonchev–Trinajstić information content (AvgIpc) is 3.09. The van der Waals surface area contributed by atoms with Gasteiger partial charge < -0.3 is 4.57 Å². The number of hydrogen-bond acceptors (Lipinski definition) is 2. The van der Waals surface area contributed by atoms with E-state index in [1.54, 1.807) is 0 Å². The van der Waals surface area contributed by atoms with Gasteiger partial charge in [-0.3, -0.25) is 4.90 Å². The molecule has 1 aromatic carbocycles. The fourth-order valence-corrected chi connectivity index (χ4v) is 2.83. The summed E-state index contributed by atoms with van der Waals surface area (Å²) in [6.45, 7) is 4.79. The Hall–Kier alpha value is -1.61. The monoisotopic (exact) mass is 255 g/mol. The van der Waals surface area contributed by atoms with Crippen LogP contribution in [0.3, 0.4) is 0 Å². The van der Waals surface area contributed by atoms with Gasteiger partial charge in [0, 0.05) is 24.8 Å². The van der Waals surface area contributed by atoms with E-state index in [0.717, 1.165) is 5.69 Å². The minimum Gasteiger partial charge on any atom is -0.340 e. The zero-order chi connectivity index (χ0) is 13.2. The van der Waals surface area contributed by atoms with Crippen LogP contribution >= 0.6 is 0 Å². The minimum atomic E-state index is 0.528. The number of benzene rings is 1. The summed E-state index contributed by atoms with van der Waals surface area (Å²) in [5, 5.41) is 0. The Morgan fingerprint density at radius 3 is 2.37 bits per heavy atom. The lowest BCUT2D eigenvalue weighted by Crippen LogP contribution is -2.23. The van der Waals surface area contributed by atoms with Crippen molar-refractivity contribution in [1.82, 2.24) is 14.5 Å². The highest BCUT2D eigenvalue weighted by atomic mass is 15.2. The quantitative estimate of drug-likeness (QED) is 0.839. The van der Waals surface area contributed by atoms with Gasteiger partial charge in [-0.2, -0.15) is 0 Å². The molecule has 1 fully saturated rings. The van der Waals surface area contributed by atoms with E-state index in [1.807, 2.05) is 17.9 Å². The van der Waals surface area contributed by atoms with Gasteiger partial charge in [0.15, 0.2) is 0 Å². The van der Waals surface area contributed by atoms with E-state index < -0.39 is 0 Å². The van der Waals surface area contributed by atoms with Crippen molar-refractivity contribution in [3.63, 3.8) is 0 Å². The first-order valence-electron chi connectivity index (χ1n) is 7.06. The number of aromatic nitrogens is 2. The minimum absolute atomic E-state index is 0.528. The summed E-state index contributed by atoms with van der Waals surface area (Å²) >= 11 is 0. The first-order valence-corrected chi connectivity index (χ1v) is 7.06. The molecule has 3 rings (SSSR count). The maximum absolute atomic E-state index is 4.39. The van der Waals surface area contributed by atoms with E-state index in [1.165, 1.54) is 37.1 Å². The summed E-state index contributed by atoms with van der Waals surface area (Å²) in [7, 11) is 2.00. The van der Waals surface area contributed by atoms with Crippen LogP contribution in [0.1, 0.15) is 31.4 Å². The lowest BCUT2D eigenvalue weighted by Gasteiger charge is -2.24. The smallest absolute Gasteiger partial charge is 0.0951 e. The molecular weight excluding hydrogens is 234 g/mol. The Kier molecular flexibility index (Phi) is 3.38. The molecule has 1 aliphatic heterocycles. The van der Waals surface area contributed by atoms with Gasteiger partial charge in [-0.25, -0.2) is 4.98 Å². The lowest BCUT2D eigenvalue weighted by atomic mass is 10.0. The second-order valence-electron chi connectivity index (χ2n) is 5.47. The van der Waals surface area contributed by atoms with Gasteiger partial charge in [0.25, 0.3) is 0 Å². The van der Waals surface area contributed by atoms with Crippen molar-refractivity contribution in [3.05, 3.63) is 42.4 Å². The molecule has 2 aromatic rings. The zero-order valence-corrected chi connectivity index (χ0v) is 11.7. The Labute approximate surface area is 114 Å². The number of hydrogen-bond donors (Lipinski definition) is 0. The normalized spacial score (nSPS) is 17.8. The van der Waals surface area contributed by atoms with E-state index >= 15 is 0 Å². The van der Waals surface area contributed by atoms with E-state index in [2.05, 4.69) is 47.3 Å². The van der Waals surface area contributed by atoms with Crippen LogP contribution in [0.2, 0.25) is 0 Å². The van der Waals surface area contributed by atoms with Gasteiger partial charge in [0.05, 0.1) is 12.0 Å². The van der Waals surface area contributed by atoms with Crippen molar-refractivity contribution in [2.45, 2.75) is 25.8 Å². The van der Waals surface area contributed by atoms with Crippen LogP contribution < -0.4 is 0 Å². The maximum Gasteiger partial charge on any atom is 0.0951 e. The number of rotatable bonds is 3. The summed E-state index contributed by atoms with van der Waals surface area (Å²) in [6.07, 6.45) is 6.59. The van der Waals surface area contributed by atoms with Crippen LogP contribution in [-0.4, -0.2) is 27.5 Å². The molecule has 0 amide bonds. The molecule has 0 spiro atoms. The molecule has 1 aliphatic rings. The third kappa shape index (κ3) is 2.56. The summed E-state index contributed by atoms with van der Waals surface area (Å²) in [5.41, 5.74) is 3.64. The predicted octanol–water partition coefficient (Wildman–Crippen LogP) is 3.24. The molecule has 3 nitrogen and oxygen atoms in total. The van der Waals surface area contributed by atoms with Crippen LogP contribution in [0, 0.1) is 0 Å². The Morgan fingerprint density at radius 1 is 1.11 bits per heavy atom. The first-order chi connectivity index (χ1) is 9.24. The second-order valence-corrected chi connectivity index (χ2v) is 5.47. The van der Waals surface area contributed by atoms with Gasteiger partial charge in [-0.05, 0) is 38.4 Å². The van der Waals surface area contributed by atoms with Crippen LogP contribution in [0.5, 0.6) is 0 Å². The lowest BCUT2D eigenvalue weighted by molar-refractivity contribution is 0.263. The summed E-state index contributed by atoms with van der Waals surface area (Å²) < 4.78 is 1.98. The predicted molar refractivity (Wildman–Crippen MR) is 77.9 cm³/mol. The summed E-state index contributed by atoms with van der Waals surface area (Å²) in [4.78, 5) is 6.96. The average molecular weight is 255 g/mol. The summed E-state index contributed by atoms with van der Waals surface area (Å²) in [5.74, 6) is 0. The number of imidazole rings is 1. The molecule has 0 radical (unpaired) electrons.